The molecule has 92 valence electrons. The first kappa shape index (κ1) is 11.9. The van der Waals surface area contributed by atoms with Crippen LogP contribution in [0, 0.1) is 5.92 Å². The number of pyridine rings is 1. The molecule has 1 aromatic heterocycles. The number of aromatic carboxylic acids is 1. The van der Waals surface area contributed by atoms with Crippen LogP contribution in [-0.4, -0.2) is 40.4 Å². The average Bonchev–Trinajstić information content (AvgIpc) is 2.33. The van der Waals surface area contributed by atoms with E-state index in [2.05, 4.69) is 9.88 Å². The molecule has 0 amide bonds. The van der Waals surface area contributed by atoms with Gasteiger partial charge in [0.1, 0.15) is 5.69 Å². The number of aromatic nitrogens is 1. The van der Waals surface area contributed by atoms with Gasteiger partial charge >= 0.3 is 5.97 Å². The highest BCUT2D eigenvalue weighted by Crippen LogP contribution is 2.23. The zero-order valence-corrected chi connectivity index (χ0v) is 9.71. The molecule has 2 N–H and O–H groups in total. The molecule has 1 fully saturated rings. The van der Waals surface area contributed by atoms with Gasteiger partial charge < -0.3 is 15.1 Å². The Morgan fingerprint density at radius 1 is 1.59 bits per heavy atom. The van der Waals surface area contributed by atoms with Crippen LogP contribution in [0.15, 0.2) is 18.3 Å². The fraction of sp³-hybridized carbons (Fsp3) is 0.500. The summed E-state index contributed by atoms with van der Waals surface area (Å²) in [5.74, 6) is -0.817. The van der Waals surface area contributed by atoms with Gasteiger partial charge in [0.05, 0.1) is 6.10 Å². The molecule has 1 saturated heterocycles. The van der Waals surface area contributed by atoms with E-state index in [1.165, 1.54) is 6.20 Å². The standard InChI is InChI=1S/C12H16N2O3/c1-8-7-14(5-3-11(8)15)9-2-4-13-10(6-9)12(16)17/h2,4,6,8,11,15H,3,5,7H2,1H3,(H,16,17). The zero-order valence-electron chi connectivity index (χ0n) is 9.71. The van der Waals surface area contributed by atoms with Crippen molar-refractivity contribution in [1.82, 2.24) is 4.98 Å². The van der Waals surface area contributed by atoms with E-state index in [1.54, 1.807) is 12.1 Å². The topological polar surface area (TPSA) is 73.7 Å². The lowest BCUT2D eigenvalue weighted by Gasteiger charge is -2.35. The first-order valence-electron chi connectivity index (χ1n) is 5.70. The molecule has 1 aliphatic heterocycles. The molecule has 0 radical (unpaired) electrons. The third-order valence-corrected chi connectivity index (χ3v) is 3.19. The van der Waals surface area contributed by atoms with Crippen LogP contribution in [0.2, 0.25) is 0 Å². The highest BCUT2D eigenvalue weighted by Gasteiger charge is 2.24. The van der Waals surface area contributed by atoms with Crippen molar-refractivity contribution in [2.75, 3.05) is 18.0 Å². The number of nitrogens with zero attached hydrogens (tertiary/aromatic N) is 2. The molecule has 2 unspecified atom stereocenters. The molecule has 5 heteroatoms. The van der Waals surface area contributed by atoms with Gasteiger partial charge in [-0.05, 0) is 24.5 Å². The van der Waals surface area contributed by atoms with E-state index in [9.17, 15) is 9.90 Å². The van der Waals surface area contributed by atoms with Crippen molar-refractivity contribution in [3.8, 4) is 0 Å². The molecular formula is C12H16N2O3. The van der Waals surface area contributed by atoms with Gasteiger partial charge in [-0.3, -0.25) is 0 Å². The minimum atomic E-state index is -1.02. The van der Waals surface area contributed by atoms with Crippen molar-refractivity contribution in [3.05, 3.63) is 24.0 Å². The van der Waals surface area contributed by atoms with Gasteiger partial charge in [-0.1, -0.05) is 6.92 Å². The number of rotatable bonds is 2. The third kappa shape index (κ3) is 2.55. The second-order valence-electron chi connectivity index (χ2n) is 4.48. The summed E-state index contributed by atoms with van der Waals surface area (Å²) in [6.45, 7) is 3.48. The molecule has 0 aromatic carbocycles. The van der Waals surface area contributed by atoms with Gasteiger partial charge in [-0.2, -0.15) is 0 Å². The zero-order chi connectivity index (χ0) is 12.4. The van der Waals surface area contributed by atoms with E-state index in [4.69, 9.17) is 5.11 Å². The summed E-state index contributed by atoms with van der Waals surface area (Å²) in [6.07, 6.45) is 1.97. The molecule has 1 aromatic rings. The van der Waals surface area contributed by atoms with Crippen LogP contribution in [-0.2, 0) is 0 Å². The summed E-state index contributed by atoms with van der Waals surface area (Å²) in [5, 5.41) is 18.5. The largest absolute Gasteiger partial charge is 0.477 e. The lowest BCUT2D eigenvalue weighted by molar-refractivity contribution is 0.0690. The summed E-state index contributed by atoms with van der Waals surface area (Å²) in [6, 6.07) is 3.38. The molecule has 0 saturated carbocycles. The molecule has 17 heavy (non-hydrogen) atoms. The third-order valence-electron chi connectivity index (χ3n) is 3.19. The molecule has 0 bridgehead atoms. The summed E-state index contributed by atoms with van der Waals surface area (Å²) in [7, 11) is 0. The predicted octanol–water partition coefficient (Wildman–Crippen LogP) is 0.987. The Balaban J connectivity index is 2.17. The molecule has 5 nitrogen and oxygen atoms in total. The maximum Gasteiger partial charge on any atom is 0.354 e. The molecular weight excluding hydrogens is 220 g/mol. The van der Waals surface area contributed by atoms with E-state index in [-0.39, 0.29) is 17.7 Å². The van der Waals surface area contributed by atoms with Crippen molar-refractivity contribution in [1.29, 1.82) is 0 Å². The predicted molar refractivity (Wildman–Crippen MR) is 63.2 cm³/mol. The number of carboxylic acids is 1. The number of piperidine rings is 1. The average molecular weight is 236 g/mol. The molecule has 2 heterocycles. The Hall–Kier alpha value is -1.62. The molecule has 1 aliphatic rings. The maximum absolute atomic E-state index is 10.8. The van der Waals surface area contributed by atoms with Crippen molar-refractivity contribution in [3.63, 3.8) is 0 Å². The van der Waals surface area contributed by atoms with Crippen LogP contribution in [0.3, 0.4) is 0 Å². The summed E-state index contributed by atoms with van der Waals surface area (Å²) in [4.78, 5) is 16.7. The Morgan fingerprint density at radius 2 is 2.35 bits per heavy atom. The van der Waals surface area contributed by atoms with E-state index >= 15 is 0 Å². The molecule has 0 spiro atoms. The number of hydrogen-bond acceptors (Lipinski definition) is 4. The second kappa shape index (κ2) is 4.71. The van der Waals surface area contributed by atoms with Gasteiger partial charge in [-0.25, -0.2) is 9.78 Å². The smallest absolute Gasteiger partial charge is 0.354 e. The first-order valence-corrected chi connectivity index (χ1v) is 5.70. The number of aliphatic hydroxyl groups excluding tert-OH is 1. The Morgan fingerprint density at radius 3 is 3.00 bits per heavy atom. The number of carbonyl (C=O) groups is 1. The van der Waals surface area contributed by atoms with Crippen molar-refractivity contribution < 1.29 is 15.0 Å². The lowest BCUT2D eigenvalue weighted by Crippen LogP contribution is -2.42. The SMILES string of the molecule is CC1CN(c2ccnc(C(=O)O)c2)CCC1O. The minimum Gasteiger partial charge on any atom is -0.477 e. The monoisotopic (exact) mass is 236 g/mol. The van der Waals surface area contributed by atoms with Gasteiger partial charge in [0.15, 0.2) is 0 Å². The van der Waals surface area contributed by atoms with Crippen LogP contribution < -0.4 is 4.90 Å². The number of anilines is 1. The Bertz CT molecular complexity index is 422. The number of aliphatic hydroxyl groups is 1. The first-order chi connectivity index (χ1) is 8.08. The summed E-state index contributed by atoms with van der Waals surface area (Å²) in [5.41, 5.74) is 0.914. The van der Waals surface area contributed by atoms with Gasteiger partial charge in [0, 0.05) is 25.0 Å². The van der Waals surface area contributed by atoms with Crippen molar-refractivity contribution in [2.45, 2.75) is 19.4 Å². The Labute approximate surface area is 99.7 Å². The minimum absolute atomic E-state index is 0.0567. The van der Waals surface area contributed by atoms with Crippen molar-refractivity contribution in [2.24, 2.45) is 5.92 Å². The Kier molecular flexibility index (Phi) is 3.28. The number of hydrogen-bond donors (Lipinski definition) is 2. The van der Waals surface area contributed by atoms with Gasteiger partial charge in [0.2, 0.25) is 0 Å². The van der Waals surface area contributed by atoms with E-state index in [0.29, 0.717) is 6.42 Å². The molecule has 2 atom stereocenters. The van der Waals surface area contributed by atoms with E-state index in [0.717, 1.165) is 18.8 Å². The molecule has 2 rings (SSSR count). The van der Waals surface area contributed by atoms with Crippen LogP contribution in [0.4, 0.5) is 5.69 Å². The highest BCUT2D eigenvalue weighted by atomic mass is 16.4. The van der Waals surface area contributed by atoms with Crippen LogP contribution in [0.25, 0.3) is 0 Å². The van der Waals surface area contributed by atoms with Gasteiger partial charge in [-0.15, -0.1) is 0 Å². The fourth-order valence-electron chi connectivity index (χ4n) is 2.10. The second-order valence-corrected chi connectivity index (χ2v) is 4.48. The van der Waals surface area contributed by atoms with Crippen LogP contribution >= 0.6 is 0 Å². The normalized spacial score (nSPS) is 24.7. The molecule has 0 aliphatic carbocycles. The summed E-state index contributed by atoms with van der Waals surface area (Å²) < 4.78 is 0. The fourth-order valence-corrected chi connectivity index (χ4v) is 2.10. The van der Waals surface area contributed by atoms with Crippen LogP contribution in [0.5, 0.6) is 0 Å². The van der Waals surface area contributed by atoms with E-state index in [1.807, 2.05) is 6.92 Å². The van der Waals surface area contributed by atoms with E-state index < -0.39 is 5.97 Å². The quantitative estimate of drug-likeness (QED) is 0.801. The number of carboxylic acid groups (broad SMARTS) is 1. The summed E-state index contributed by atoms with van der Waals surface area (Å²) >= 11 is 0. The van der Waals surface area contributed by atoms with Crippen LogP contribution in [0.1, 0.15) is 23.8 Å². The van der Waals surface area contributed by atoms with Gasteiger partial charge in [0.25, 0.3) is 0 Å². The van der Waals surface area contributed by atoms with Crippen molar-refractivity contribution >= 4 is 11.7 Å². The lowest BCUT2D eigenvalue weighted by atomic mass is 9.96. The highest BCUT2D eigenvalue weighted by molar-refractivity contribution is 5.86. The maximum atomic E-state index is 10.8.